The molecule has 0 unspecified atom stereocenters. The lowest BCUT2D eigenvalue weighted by molar-refractivity contribution is 0.510. The van der Waals surface area contributed by atoms with Crippen molar-refractivity contribution in [1.29, 1.82) is 0 Å². The van der Waals surface area contributed by atoms with E-state index in [1.807, 2.05) is 6.07 Å². The van der Waals surface area contributed by atoms with Gasteiger partial charge in [-0.25, -0.2) is 8.78 Å². The van der Waals surface area contributed by atoms with E-state index in [-0.39, 0.29) is 0 Å². The van der Waals surface area contributed by atoms with Gasteiger partial charge in [-0.1, -0.05) is 20.3 Å². The molecule has 0 saturated carbocycles. The highest BCUT2D eigenvalue weighted by Gasteiger charge is 2.10. The molecule has 1 aromatic heterocycles. The van der Waals surface area contributed by atoms with Crippen molar-refractivity contribution < 1.29 is 8.78 Å². The Kier molecular flexibility index (Phi) is 4.30. The third-order valence-corrected chi connectivity index (χ3v) is 2.98. The number of pyridine rings is 1. The molecule has 1 aromatic carbocycles. The maximum absolute atomic E-state index is 13.4. The zero-order valence-electron chi connectivity index (χ0n) is 11.3. The van der Waals surface area contributed by atoms with Crippen LogP contribution in [0.2, 0.25) is 0 Å². The number of hydrogen-bond acceptors (Lipinski definition) is 2. The maximum atomic E-state index is 13.4. The lowest BCUT2D eigenvalue weighted by Crippen LogP contribution is -2.03. The number of aromatic nitrogens is 1. The van der Waals surface area contributed by atoms with E-state index in [9.17, 15) is 8.78 Å². The summed E-state index contributed by atoms with van der Waals surface area (Å²) in [5, 5.41) is 3.89. The summed E-state index contributed by atoms with van der Waals surface area (Å²) in [6.07, 6.45) is 2.77. The Morgan fingerprint density at radius 1 is 1.05 bits per heavy atom. The fourth-order valence-corrected chi connectivity index (χ4v) is 2.07. The largest absolute Gasteiger partial charge is 0.384 e. The van der Waals surface area contributed by atoms with Gasteiger partial charge in [-0.15, -0.1) is 0 Å². The van der Waals surface area contributed by atoms with Crippen molar-refractivity contribution in [3.8, 4) is 0 Å². The summed E-state index contributed by atoms with van der Waals surface area (Å²) in [6, 6.07) is 4.31. The summed E-state index contributed by atoms with van der Waals surface area (Å²) in [5.74, 6) is -1.69. The fourth-order valence-electron chi connectivity index (χ4n) is 2.07. The molecule has 1 heterocycles. The minimum absolute atomic E-state index is 0.503. The van der Waals surface area contributed by atoms with Crippen LogP contribution in [0.4, 0.5) is 14.5 Å². The first kappa shape index (κ1) is 13.7. The monoisotopic (exact) mass is 264 g/mol. The van der Waals surface area contributed by atoms with E-state index in [1.165, 1.54) is 12.1 Å². The normalized spacial score (nSPS) is 10.9. The number of rotatable bonds is 5. The molecule has 102 valence electrons. The molecule has 2 nitrogen and oxygen atoms in total. The highest BCUT2D eigenvalue weighted by Crippen LogP contribution is 2.26. The Balaban J connectivity index is 2.56. The van der Waals surface area contributed by atoms with Crippen molar-refractivity contribution >= 4 is 16.6 Å². The Bertz CT molecular complexity index is 582. The Morgan fingerprint density at radius 3 is 2.47 bits per heavy atom. The molecule has 0 radical (unpaired) electrons. The van der Waals surface area contributed by atoms with Gasteiger partial charge in [0.05, 0.1) is 5.52 Å². The standard InChI is InChI=1S/C15H18F2N2/c1-3-5-10-7-14(18-6-4-2)11-8-12(16)13(17)9-15(11)19-10/h7-9H,3-6H2,1-2H3,(H,18,19). The quantitative estimate of drug-likeness (QED) is 0.871. The summed E-state index contributed by atoms with van der Waals surface area (Å²) < 4.78 is 26.7. The number of fused-ring (bicyclic) bond motifs is 1. The first-order valence-electron chi connectivity index (χ1n) is 6.68. The molecular formula is C15H18F2N2. The van der Waals surface area contributed by atoms with Gasteiger partial charge in [-0.3, -0.25) is 4.98 Å². The highest BCUT2D eigenvalue weighted by molar-refractivity contribution is 5.91. The van der Waals surface area contributed by atoms with Crippen LogP contribution < -0.4 is 5.32 Å². The smallest absolute Gasteiger partial charge is 0.161 e. The Labute approximate surface area is 111 Å². The SMILES string of the molecule is CCCNc1cc(CCC)nc2cc(F)c(F)cc12. The maximum Gasteiger partial charge on any atom is 0.161 e. The topological polar surface area (TPSA) is 24.9 Å². The summed E-state index contributed by atoms with van der Waals surface area (Å²) in [5.41, 5.74) is 2.23. The first-order chi connectivity index (χ1) is 9.15. The second kappa shape index (κ2) is 5.95. The average Bonchev–Trinajstić information content (AvgIpc) is 2.38. The number of anilines is 1. The molecule has 0 aliphatic rings. The van der Waals surface area contributed by atoms with E-state index in [4.69, 9.17) is 0 Å². The second-order valence-electron chi connectivity index (χ2n) is 4.62. The van der Waals surface area contributed by atoms with Gasteiger partial charge in [-0.05, 0) is 25.0 Å². The molecule has 0 aliphatic carbocycles. The summed E-state index contributed by atoms with van der Waals surface area (Å²) in [7, 11) is 0. The van der Waals surface area contributed by atoms with Crippen LogP contribution in [0.15, 0.2) is 18.2 Å². The third-order valence-electron chi connectivity index (χ3n) is 2.98. The van der Waals surface area contributed by atoms with Gasteiger partial charge in [0, 0.05) is 29.4 Å². The van der Waals surface area contributed by atoms with Crippen molar-refractivity contribution in [2.24, 2.45) is 0 Å². The van der Waals surface area contributed by atoms with Crippen molar-refractivity contribution in [1.82, 2.24) is 4.98 Å². The molecule has 0 amide bonds. The predicted molar refractivity (Wildman–Crippen MR) is 74.4 cm³/mol. The molecule has 0 saturated heterocycles. The number of nitrogens with one attached hydrogen (secondary N) is 1. The lowest BCUT2D eigenvalue weighted by Gasteiger charge is -2.11. The van der Waals surface area contributed by atoms with Crippen molar-refractivity contribution in [3.63, 3.8) is 0 Å². The van der Waals surface area contributed by atoms with E-state index in [2.05, 4.69) is 24.1 Å². The van der Waals surface area contributed by atoms with Crippen LogP contribution in [0.3, 0.4) is 0 Å². The number of nitrogens with zero attached hydrogens (tertiary/aromatic N) is 1. The molecule has 2 aromatic rings. The molecule has 4 heteroatoms. The van der Waals surface area contributed by atoms with Crippen LogP contribution in [-0.4, -0.2) is 11.5 Å². The van der Waals surface area contributed by atoms with E-state index in [0.29, 0.717) is 10.9 Å². The van der Waals surface area contributed by atoms with E-state index >= 15 is 0 Å². The Morgan fingerprint density at radius 2 is 1.79 bits per heavy atom. The fraction of sp³-hybridized carbons (Fsp3) is 0.400. The van der Waals surface area contributed by atoms with Gasteiger partial charge >= 0.3 is 0 Å². The molecule has 0 fully saturated rings. The Hall–Kier alpha value is -1.71. The predicted octanol–water partition coefficient (Wildman–Crippen LogP) is 4.29. The minimum Gasteiger partial charge on any atom is -0.384 e. The highest BCUT2D eigenvalue weighted by atomic mass is 19.2. The number of benzene rings is 1. The third kappa shape index (κ3) is 3.00. The number of halogens is 2. The summed E-state index contributed by atoms with van der Waals surface area (Å²) >= 11 is 0. The number of aryl methyl sites for hydroxylation is 1. The average molecular weight is 264 g/mol. The van der Waals surface area contributed by atoms with E-state index in [0.717, 1.165) is 37.2 Å². The molecule has 2 rings (SSSR count). The zero-order valence-corrected chi connectivity index (χ0v) is 11.3. The molecule has 19 heavy (non-hydrogen) atoms. The molecule has 0 atom stereocenters. The van der Waals surface area contributed by atoms with Gasteiger partial charge in [0.2, 0.25) is 0 Å². The zero-order chi connectivity index (χ0) is 13.8. The van der Waals surface area contributed by atoms with Crippen LogP contribution >= 0.6 is 0 Å². The molecule has 0 bridgehead atoms. The van der Waals surface area contributed by atoms with Gasteiger partial charge in [0.1, 0.15) is 0 Å². The minimum atomic E-state index is -0.852. The van der Waals surface area contributed by atoms with E-state index in [1.54, 1.807) is 0 Å². The van der Waals surface area contributed by atoms with Crippen LogP contribution in [0.1, 0.15) is 32.4 Å². The van der Waals surface area contributed by atoms with Crippen molar-refractivity contribution in [3.05, 3.63) is 35.5 Å². The lowest BCUT2D eigenvalue weighted by atomic mass is 10.1. The van der Waals surface area contributed by atoms with Crippen molar-refractivity contribution in [2.75, 3.05) is 11.9 Å². The second-order valence-corrected chi connectivity index (χ2v) is 4.62. The summed E-state index contributed by atoms with van der Waals surface area (Å²) in [6.45, 7) is 4.92. The van der Waals surface area contributed by atoms with Crippen LogP contribution in [0.25, 0.3) is 10.9 Å². The van der Waals surface area contributed by atoms with Gasteiger partial charge in [-0.2, -0.15) is 0 Å². The molecular weight excluding hydrogens is 246 g/mol. The van der Waals surface area contributed by atoms with Crippen LogP contribution in [0.5, 0.6) is 0 Å². The van der Waals surface area contributed by atoms with Gasteiger partial charge < -0.3 is 5.32 Å². The van der Waals surface area contributed by atoms with Gasteiger partial charge in [0.25, 0.3) is 0 Å². The number of hydrogen-bond donors (Lipinski definition) is 1. The first-order valence-corrected chi connectivity index (χ1v) is 6.68. The molecule has 1 N–H and O–H groups in total. The molecule has 0 spiro atoms. The summed E-state index contributed by atoms with van der Waals surface area (Å²) in [4.78, 5) is 4.39. The van der Waals surface area contributed by atoms with Crippen LogP contribution in [0, 0.1) is 11.6 Å². The van der Waals surface area contributed by atoms with Gasteiger partial charge in [0.15, 0.2) is 11.6 Å². The molecule has 0 aliphatic heterocycles. The van der Waals surface area contributed by atoms with E-state index < -0.39 is 11.6 Å². The van der Waals surface area contributed by atoms with Crippen LogP contribution in [-0.2, 0) is 6.42 Å². The van der Waals surface area contributed by atoms with Crippen molar-refractivity contribution in [2.45, 2.75) is 33.1 Å².